The molecule has 0 aliphatic carbocycles. The number of aliphatic carboxylic acids is 1. The van der Waals surface area contributed by atoms with E-state index in [0.29, 0.717) is 4.47 Å². The normalized spacial score (nSPS) is 11.9. The van der Waals surface area contributed by atoms with Crippen molar-refractivity contribution in [1.82, 2.24) is 0 Å². The number of carboxylic acid groups (broad SMARTS) is 1. The molecule has 98 valence electrons. The molecule has 0 radical (unpaired) electrons. The minimum Gasteiger partial charge on any atom is -0.481 e. The number of benzene rings is 1. The number of anilines is 1. The van der Waals surface area contributed by atoms with Crippen molar-refractivity contribution in [3.63, 3.8) is 0 Å². The molecule has 0 bridgehead atoms. The van der Waals surface area contributed by atoms with E-state index in [1.807, 2.05) is 0 Å². The molecule has 0 aliphatic rings. The molecule has 0 unspecified atom stereocenters. The van der Waals surface area contributed by atoms with Gasteiger partial charge in [0, 0.05) is 10.5 Å². The van der Waals surface area contributed by atoms with E-state index in [2.05, 4.69) is 21.2 Å². The molecule has 2 N–H and O–H groups in total. The Hall–Kier alpha value is -1.34. The Balaban J connectivity index is 3.10. The van der Waals surface area contributed by atoms with Crippen LogP contribution in [0.3, 0.4) is 0 Å². The van der Waals surface area contributed by atoms with Gasteiger partial charge in [-0.1, -0.05) is 11.6 Å². The van der Waals surface area contributed by atoms with E-state index in [1.165, 1.54) is 6.07 Å². The number of nitrogens with zero attached hydrogens (tertiary/aromatic N) is 1. The fraction of sp³-hybridized carbons (Fsp3) is 0.300. The molecule has 1 atom stereocenters. The van der Waals surface area contributed by atoms with Crippen LogP contribution < -0.4 is 5.32 Å². The summed E-state index contributed by atoms with van der Waals surface area (Å²) in [6.07, 6.45) is -0.157. The highest BCUT2D eigenvalue weighted by atomic mass is 79.9. The third kappa shape index (κ3) is 3.58. The zero-order valence-corrected chi connectivity index (χ0v) is 11.7. The first kappa shape index (κ1) is 14.7. The van der Waals surface area contributed by atoms with Crippen LogP contribution >= 0.6 is 27.5 Å². The Bertz CT molecular complexity index is 495. The van der Waals surface area contributed by atoms with Gasteiger partial charge < -0.3 is 10.4 Å². The Morgan fingerprint density at radius 1 is 1.67 bits per heavy atom. The molecule has 0 amide bonds. The van der Waals surface area contributed by atoms with E-state index in [4.69, 9.17) is 16.7 Å². The van der Waals surface area contributed by atoms with Gasteiger partial charge in [-0.25, -0.2) is 0 Å². The Labute approximate surface area is 116 Å². The standard InChI is InChI=1S/C10H10BrClN2O4/c1-5(4-8(15)16)13-9-6(11)2-3-7(12)10(9)14(17)18/h2-3,5,13H,4H2,1H3,(H,15,16)/t5-/m1/s1. The van der Waals surface area contributed by atoms with Gasteiger partial charge in [-0.3, -0.25) is 14.9 Å². The summed E-state index contributed by atoms with van der Waals surface area (Å²) in [5.74, 6) is -0.990. The van der Waals surface area contributed by atoms with E-state index < -0.39 is 16.9 Å². The van der Waals surface area contributed by atoms with Crippen LogP contribution in [0.5, 0.6) is 0 Å². The Kier molecular flexibility index (Phi) is 4.92. The lowest BCUT2D eigenvalue weighted by atomic mass is 10.2. The number of rotatable bonds is 5. The van der Waals surface area contributed by atoms with Crippen LogP contribution in [0.15, 0.2) is 16.6 Å². The van der Waals surface area contributed by atoms with Crippen molar-refractivity contribution in [3.8, 4) is 0 Å². The van der Waals surface area contributed by atoms with Crippen molar-refractivity contribution in [2.45, 2.75) is 19.4 Å². The molecule has 0 fully saturated rings. The summed E-state index contributed by atoms with van der Waals surface area (Å²) in [5, 5.41) is 22.4. The van der Waals surface area contributed by atoms with Crippen LogP contribution in [0, 0.1) is 10.1 Å². The number of nitro groups is 1. The molecule has 6 nitrogen and oxygen atoms in total. The lowest BCUT2D eigenvalue weighted by Crippen LogP contribution is -2.20. The maximum atomic E-state index is 10.9. The topological polar surface area (TPSA) is 92.5 Å². The maximum absolute atomic E-state index is 10.9. The van der Waals surface area contributed by atoms with E-state index in [9.17, 15) is 14.9 Å². The number of nitro benzene ring substituents is 1. The molecular weight excluding hydrogens is 327 g/mol. The number of halogens is 2. The van der Waals surface area contributed by atoms with Gasteiger partial charge in [-0.15, -0.1) is 0 Å². The first-order chi connectivity index (χ1) is 8.32. The van der Waals surface area contributed by atoms with Gasteiger partial charge in [0.2, 0.25) is 0 Å². The summed E-state index contributed by atoms with van der Waals surface area (Å²) in [6.45, 7) is 1.62. The minimum absolute atomic E-state index is 0.00627. The van der Waals surface area contributed by atoms with Gasteiger partial charge in [-0.2, -0.15) is 0 Å². The van der Waals surface area contributed by atoms with Crippen molar-refractivity contribution in [1.29, 1.82) is 0 Å². The molecule has 1 aromatic rings. The molecular formula is C10H10BrClN2O4. The van der Waals surface area contributed by atoms with E-state index in [0.717, 1.165) is 0 Å². The average molecular weight is 338 g/mol. The zero-order valence-electron chi connectivity index (χ0n) is 9.31. The van der Waals surface area contributed by atoms with E-state index in [-0.39, 0.29) is 22.8 Å². The van der Waals surface area contributed by atoms with Crippen molar-refractivity contribution in [2.24, 2.45) is 0 Å². The fourth-order valence-electron chi connectivity index (χ4n) is 1.42. The molecule has 0 spiro atoms. The third-order valence-corrected chi connectivity index (χ3v) is 3.10. The molecule has 1 aromatic carbocycles. The molecule has 0 aliphatic heterocycles. The Morgan fingerprint density at radius 3 is 2.78 bits per heavy atom. The van der Waals surface area contributed by atoms with Crippen LogP contribution in [0.2, 0.25) is 5.02 Å². The largest absolute Gasteiger partial charge is 0.481 e. The van der Waals surface area contributed by atoms with Gasteiger partial charge in [-0.05, 0) is 35.0 Å². The number of nitrogens with one attached hydrogen (secondary N) is 1. The minimum atomic E-state index is -0.990. The lowest BCUT2D eigenvalue weighted by molar-refractivity contribution is -0.383. The van der Waals surface area contributed by atoms with Crippen molar-refractivity contribution in [2.75, 3.05) is 5.32 Å². The maximum Gasteiger partial charge on any atom is 0.311 e. The Morgan fingerprint density at radius 2 is 2.28 bits per heavy atom. The monoisotopic (exact) mass is 336 g/mol. The van der Waals surface area contributed by atoms with Gasteiger partial charge in [0.15, 0.2) is 0 Å². The van der Waals surface area contributed by atoms with Crippen LogP contribution in [0.25, 0.3) is 0 Å². The van der Waals surface area contributed by atoms with Gasteiger partial charge in [0.25, 0.3) is 0 Å². The highest BCUT2D eigenvalue weighted by Gasteiger charge is 2.23. The molecule has 0 saturated carbocycles. The molecule has 0 saturated heterocycles. The van der Waals surface area contributed by atoms with E-state index >= 15 is 0 Å². The predicted molar refractivity (Wildman–Crippen MR) is 71.1 cm³/mol. The van der Waals surface area contributed by atoms with Crippen molar-refractivity contribution in [3.05, 3.63) is 31.7 Å². The first-order valence-electron chi connectivity index (χ1n) is 4.93. The second-order valence-corrected chi connectivity index (χ2v) is 4.91. The second-order valence-electron chi connectivity index (χ2n) is 3.65. The van der Waals surface area contributed by atoms with Crippen LogP contribution in [-0.4, -0.2) is 22.0 Å². The number of hydrogen-bond donors (Lipinski definition) is 2. The number of carbonyl (C=O) groups is 1. The van der Waals surface area contributed by atoms with Gasteiger partial charge in [0.1, 0.15) is 10.7 Å². The second kappa shape index (κ2) is 6.01. The SMILES string of the molecule is C[C@H](CC(=O)O)Nc1c(Br)ccc(Cl)c1[N+](=O)[O-]. The molecule has 1 rings (SSSR count). The van der Waals surface area contributed by atoms with Crippen molar-refractivity contribution < 1.29 is 14.8 Å². The van der Waals surface area contributed by atoms with Crippen LogP contribution in [-0.2, 0) is 4.79 Å². The summed E-state index contributed by atoms with van der Waals surface area (Å²) in [6, 6.07) is 2.50. The van der Waals surface area contributed by atoms with Crippen molar-refractivity contribution >= 4 is 44.9 Å². The summed E-state index contributed by atoms with van der Waals surface area (Å²) < 4.78 is 0.454. The number of carboxylic acids is 1. The highest BCUT2D eigenvalue weighted by molar-refractivity contribution is 9.10. The quantitative estimate of drug-likeness (QED) is 0.635. The average Bonchev–Trinajstić information content (AvgIpc) is 2.21. The predicted octanol–water partition coefficient (Wildman–Crippen LogP) is 3.29. The number of hydrogen-bond acceptors (Lipinski definition) is 4. The molecule has 8 heteroatoms. The third-order valence-electron chi connectivity index (χ3n) is 2.13. The van der Waals surface area contributed by atoms with Gasteiger partial charge >= 0.3 is 11.7 Å². The van der Waals surface area contributed by atoms with E-state index in [1.54, 1.807) is 13.0 Å². The zero-order chi connectivity index (χ0) is 13.9. The van der Waals surface area contributed by atoms with Gasteiger partial charge in [0.05, 0.1) is 11.3 Å². The van der Waals surface area contributed by atoms with Crippen LogP contribution in [0.1, 0.15) is 13.3 Å². The molecule has 0 aromatic heterocycles. The smallest absolute Gasteiger partial charge is 0.311 e. The fourth-order valence-corrected chi connectivity index (χ4v) is 2.08. The summed E-state index contributed by atoms with van der Waals surface area (Å²) in [4.78, 5) is 20.9. The first-order valence-corrected chi connectivity index (χ1v) is 6.10. The summed E-state index contributed by atoms with van der Waals surface area (Å²) in [7, 11) is 0. The summed E-state index contributed by atoms with van der Waals surface area (Å²) in [5.41, 5.74) is -0.0930. The van der Waals surface area contributed by atoms with Crippen LogP contribution in [0.4, 0.5) is 11.4 Å². The lowest BCUT2D eigenvalue weighted by Gasteiger charge is -2.15. The molecule has 0 heterocycles. The summed E-state index contributed by atoms with van der Waals surface area (Å²) >= 11 is 8.94. The molecule has 18 heavy (non-hydrogen) atoms. The highest BCUT2D eigenvalue weighted by Crippen LogP contribution is 2.38.